The van der Waals surface area contributed by atoms with E-state index in [2.05, 4.69) is 48.4 Å². The summed E-state index contributed by atoms with van der Waals surface area (Å²) in [5.74, 6) is 1.53. The average Bonchev–Trinajstić information content (AvgIpc) is 3.28. The molecule has 1 aromatic carbocycles. The molecule has 0 unspecified atom stereocenters. The molecule has 0 spiro atoms. The zero-order valence-electron chi connectivity index (χ0n) is 17.9. The summed E-state index contributed by atoms with van der Waals surface area (Å²) in [5, 5.41) is 5.55. The molecule has 10 nitrogen and oxygen atoms in total. The second-order valence-corrected chi connectivity index (χ2v) is 9.91. The number of benzene rings is 1. The van der Waals surface area contributed by atoms with E-state index < -0.39 is 10.0 Å². The lowest BCUT2D eigenvalue weighted by Gasteiger charge is -2.35. The van der Waals surface area contributed by atoms with Crippen molar-refractivity contribution in [3.8, 4) is 0 Å². The van der Waals surface area contributed by atoms with E-state index in [-0.39, 0.29) is 6.04 Å². The number of piperazine rings is 1. The molecule has 0 aliphatic carbocycles. The minimum Gasteiger partial charge on any atom is -0.360 e. The number of anilines is 2. The van der Waals surface area contributed by atoms with E-state index in [9.17, 15) is 8.42 Å². The third-order valence-electron chi connectivity index (χ3n) is 5.77. The molecule has 1 fully saturated rings. The molecule has 2 N–H and O–H groups in total. The van der Waals surface area contributed by atoms with Gasteiger partial charge in [-0.05, 0) is 18.4 Å². The highest BCUT2D eigenvalue weighted by atomic mass is 32.2. The molecule has 11 heteroatoms. The Bertz CT molecular complexity index is 1380. The Balaban J connectivity index is 1.47. The summed E-state index contributed by atoms with van der Waals surface area (Å²) in [6.07, 6.45) is 4.34. The minimum absolute atomic E-state index is 0.128. The quantitative estimate of drug-likeness (QED) is 0.473. The van der Waals surface area contributed by atoms with Crippen LogP contribution >= 0.6 is 0 Å². The number of fused-ring (bicyclic) bond motifs is 2. The normalized spacial score (nSPS) is 16.5. The van der Waals surface area contributed by atoms with E-state index in [1.807, 2.05) is 19.1 Å². The molecule has 0 amide bonds. The number of aromatic amines is 1. The van der Waals surface area contributed by atoms with Gasteiger partial charge in [-0.15, -0.1) is 0 Å². The van der Waals surface area contributed by atoms with Crippen LogP contribution in [0, 0.1) is 0 Å². The Hall–Kier alpha value is -3.31. The van der Waals surface area contributed by atoms with Gasteiger partial charge in [-0.1, -0.05) is 24.3 Å². The monoisotopic (exact) mass is 452 g/mol. The van der Waals surface area contributed by atoms with Crippen molar-refractivity contribution in [2.24, 2.45) is 0 Å². The topological polar surface area (TPSA) is 120 Å². The molecule has 5 rings (SSSR count). The van der Waals surface area contributed by atoms with E-state index in [1.165, 1.54) is 16.9 Å². The molecule has 4 aromatic rings. The molecule has 3 aromatic heterocycles. The van der Waals surface area contributed by atoms with Crippen molar-refractivity contribution in [1.29, 1.82) is 0 Å². The van der Waals surface area contributed by atoms with Crippen molar-refractivity contribution in [3.05, 3.63) is 48.7 Å². The Labute approximate surface area is 185 Å². The maximum atomic E-state index is 11.9. The molecule has 1 saturated heterocycles. The zero-order chi connectivity index (χ0) is 22.3. The van der Waals surface area contributed by atoms with Gasteiger partial charge < -0.3 is 15.2 Å². The van der Waals surface area contributed by atoms with Crippen molar-refractivity contribution < 1.29 is 8.42 Å². The summed E-state index contributed by atoms with van der Waals surface area (Å²) in [7, 11) is -3.19. The van der Waals surface area contributed by atoms with Gasteiger partial charge in [0.25, 0.3) is 0 Å². The van der Waals surface area contributed by atoms with Crippen LogP contribution in [0.1, 0.15) is 18.7 Å². The van der Waals surface area contributed by atoms with Crippen LogP contribution in [-0.2, 0) is 10.0 Å². The number of sulfonamides is 1. The Morgan fingerprint density at radius 2 is 1.88 bits per heavy atom. The highest BCUT2D eigenvalue weighted by Crippen LogP contribution is 2.30. The maximum absolute atomic E-state index is 11.9. The Morgan fingerprint density at radius 3 is 2.66 bits per heavy atom. The van der Waals surface area contributed by atoms with Crippen LogP contribution in [0.5, 0.6) is 0 Å². The first-order valence-corrected chi connectivity index (χ1v) is 12.3. The van der Waals surface area contributed by atoms with Crippen LogP contribution in [0.25, 0.3) is 21.9 Å². The predicted molar refractivity (Wildman–Crippen MR) is 124 cm³/mol. The lowest BCUT2D eigenvalue weighted by molar-refractivity contribution is 0.387. The zero-order valence-corrected chi connectivity index (χ0v) is 18.7. The Morgan fingerprint density at radius 1 is 1.09 bits per heavy atom. The molecule has 4 heterocycles. The number of hydrogen-bond acceptors (Lipinski definition) is 8. The number of imidazole rings is 1. The van der Waals surface area contributed by atoms with Gasteiger partial charge in [-0.2, -0.15) is 4.31 Å². The summed E-state index contributed by atoms with van der Waals surface area (Å²) in [5.41, 5.74) is 2.22. The fourth-order valence-corrected chi connectivity index (χ4v) is 4.88. The maximum Gasteiger partial charge on any atom is 0.211 e. The third-order valence-corrected chi connectivity index (χ3v) is 7.07. The number of rotatable bonds is 5. The van der Waals surface area contributed by atoms with E-state index >= 15 is 0 Å². The fourth-order valence-electron chi connectivity index (χ4n) is 4.05. The number of nitrogens with zero attached hydrogens (tertiary/aromatic N) is 6. The van der Waals surface area contributed by atoms with Crippen molar-refractivity contribution in [1.82, 2.24) is 29.2 Å². The van der Waals surface area contributed by atoms with Gasteiger partial charge in [0.1, 0.15) is 17.7 Å². The van der Waals surface area contributed by atoms with E-state index in [4.69, 9.17) is 4.98 Å². The third kappa shape index (κ3) is 3.84. The van der Waals surface area contributed by atoms with Gasteiger partial charge in [0, 0.05) is 31.6 Å². The van der Waals surface area contributed by atoms with Gasteiger partial charge in [0.05, 0.1) is 24.3 Å². The summed E-state index contributed by atoms with van der Waals surface area (Å²) in [6, 6.07) is 10.1. The largest absolute Gasteiger partial charge is 0.360 e. The highest BCUT2D eigenvalue weighted by Gasteiger charge is 2.25. The highest BCUT2D eigenvalue weighted by molar-refractivity contribution is 7.88. The number of aromatic nitrogens is 5. The first-order chi connectivity index (χ1) is 15.4. The molecular formula is C21H24N8O2S. The SMILES string of the molecule is C[C@H](Nc1ncnc2nc[nH]c12)c1cc2ccccc2c(N2CCN(S(C)(=O)=O)CC2)n1. The van der Waals surface area contributed by atoms with Crippen molar-refractivity contribution in [3.63, 3.8) is 0 Å². The first-order valence-electron chi connectivity index (χ1n) is 10.4. The predicted octanol–water partition coefficient (Wildman–Crippen LogP) is 2.16. The summed E-state index contributed by atoms with van der Waals surface area (Å²) >= 11 is 0. The molecule has 0 radical (unpaired) electrons. The van der Waals surface area contributed by atoms with Crippen LogP contribution in [-0.4, -0.2) is 70.1 Å². The lowest BCUT2D eigenvalue weighted by Crippen LogP contribution is -2.48. The molecule has 0 saturated carbocycles. The molecule has 32 heavy (non-hydrogen) atoms. The number of H-pyrrole nitrogens is 1. The van der Waals surface area contributed by atoms with Gasteiger partial charge in [-0.25, -0.2) is 28.4 Å². The van der Waals surface area contributed by atoms with Crippen molar-refractivity contribution in [2.45, 2.75) is 13.0 Å². The van der Waals surface area contributed by atoms with Gasteiger partial charge in [0.2, 0.25) is 10.0 Å². The number of hydrogen-bond donors (Lipinski definition) is 2. The molecule has 1 aliphatic heterocycles. The summed E-state index contributed by atoms with van der Waals surface area (Å²) < 4.78 is 25.3. The molecule has 0 bridgehead atoms. The van der Waals surface area contributed by atoms with E-state index in [1.54, 1.807) is 6.33 Å². The lowest BCUT2D eigenvalue weighted by atomic mass is 10.1. The standard InChI is InChI=1S/C21H24N8O2S/c1-14(26-20-18-19(23-12-22-18)24-13-25-20)17-11-15-5-3-4-6-16(15)21(27-17)28-7-9-29(10-8-28)32(2,30)31/h3-6,11-14H,7-10H2,1-2H3,(H2,22,23,24,25,26)/t14-/m0/s1. The van der Waals surface area contributed by atoms with Gasteiger partial charge >= 0.3 is 0 Å². The average molecular weight is 453 g/mol. The molecule has 1 atom stereocenters. The second kappa shape index (κ2) is 7.99. The summed E-state index contributed by atoms with van der Waals surface area (Å²) in [6.45, 7) is 4.12. The summed E-state index contributed by atoms with van der Waals surface area (Å²) in [4.78, 5) is 22.9. The minimum atomic E-state index is -3.19. The van der Waals surface area contributed by atoms with Gasteiger partial charge in [-0.3, -0.25) is 0 Å². The smallest absolute Gasteiger partial charge is 0.211 e. The van der Waals surface area contributed by atoms with Crippen molar-refractivity contribution >= 4 is 43.6 Å². The van der Waals surface area contributed by atoms with E-state index in [0.717, 1.165) is 27.8 Å². The van der Waals surface area contributed by atoms with Crippen LogP contribution < -0.4 is 10.2 Å². The van der Waals surface area contributed by atoms with Crippen LogP contribution in [0.2, 0.25) is 0 Å². The first kappa shape index (κ1) is 20.6. The fraction of sp³-hybridized carbons (Fsp3) is 0.333. The van der Waals surface area contributed by atoms with E-state index in [0.29, 0.717) is 37.6 Å². The number of nitrogens with one attached hydrogen (secondary N) is 2. The molecule has 1 aliphatic rings. The molecule has 166 valence electrons. The Kier molecular flexibility index (Phi) is 5.14. The van der Waals surface area contributed by atoms with Crippen LogP contribution in [0.3, 0.4) is 0 Å². The van der Waals surface area contributed by atoms with Crippen LogP contribution in [0.15, 0.2) is 43.0 Å². The molecular weight excluding hydrogens is 428 g/mol. The second-order valence-electron chi connectivity index (χ2n) is 7.93. The van der Waals surface area contributed by atoms with Gasteiger partial charge in [0.15, 0.2) is 11.5 Å². The van der Waals surface area contributed by atoms with Crippen molar-refractivity contribution in [2.75, 3.05) is 42.7 Å². The van der Waals surface area contributed by atoms with Crippen LogP contribution in [0.4, 0.5) is 11.6 Å². The number of pyridine rings is 1.